The Morgan fingerprint density at radius 2 is 1.65 bits per heavy atom. The molecule has 0 fully saturated rings. The van der Waals surface area contributed by atoms with Crippen LogP contribution in [0.25, 0.3) is 0 Å². The Balaban J connectivity index is 1.87. The van der Waals surface area contributed by atoms with E-state index >= 15 is 0 Å². The zero-order valence-corrected chi connectivity index (χ0v) is 14.9. The van der Waals surface area contributed by atoms with E-state index in [2.05, 4.69) is 5.32 Å². The van der Waals surface area contributed by atoms with Gasteiger partial charge >= 0.3 is 5.97 Å². The monoisotopic (exact) mass is 359 g/mol. The maximum absolute atomic E-state index is 12.2. The van der Waals surface area contributed by atoms with Crippen molar-refractivity contribution >= 4 is 11.9 Å². The topological polar surface area (TPSA) is 83.1 Å². The van der Waals surface area contributed by atoms with Gasteiger partial charge in [-0.3, -0.25) is 4.79 Å². The Labute approximate surface area is 151 Å². The molecule has 0 saturated heterocycles. The van der Waals surface area contributed by atoms with Crippen molar-refractivity contribution in [2.75, 3.05) is 27.9 Å². The first kappa shape index (κ1) is 19.1. The van der Waals surface area contributed by atoms with Crippen LogP contribution in [0.2, 0.25) is 0 Å². The van der Waals surface area contributed by atoms with Gasteiger partial charge in [0.2, 0.25) is 0 Å². The summed E-state index contributed by atoms with van der Waals surface area (Å²) >= 11 is 0. The lowest BCUT2D eigenvalue weighted by Crippen LogP contribution is -2.28. The van der Waals surface area contributed by atoms with Gasteiger partial charge in [-0.05, 0) is 29.8 Å². The quantitative estimate of drug-likeness (QED) is 0.728. The number of carbonyl (C=O) groups excluding carboxylic acids is 2. The number of hydrogen-bond donors (Lipinski definition) is 1. The van der Waals surface area contributed by atoms with Crippen LogP contribution in [0.1, 0.15) is 15.9 Å². The van der Waals surface area contributed by atoms with E-state index in [-0.39, 0.29) is 11.3 Å². The van der Waals surface area contributed by atoms with Crippen LogP contribution in [0.3, 0.4) is 0 Å². The minimum atomic E-state index is -0.666. The molecule has 0 radical (unpaired) electrons. The molecule has 2 rings (SSSR count). The van der Waals surface area contributed by atoms with Gasteiger partial charge in [0.1, 0.15) is 11.3 Å². The van der Waals surface area contributed by atoms with Crippen LogP contribution in [0, 0.1) is 0 Å². The molecule has 0 aliphatic rings. The van der Waals surface area contributed by atoms with Gasteiger partial charge in [-0.25, -0.2) is 4.79 Å². The van der Waals surface area contributed by atoms with Crippen molar-refractivity contribution < 1.29 is 28.5 Å². The van der Waals surface area contributed by atoms with E-state index in [9.17, 15) is 9.59 Å². The van der Waals surface area contributed by atoms with Gasteiger partial charge in [-0.15, -0.1) is 0 Å². The van der Waals surface area contributed by atoms with E-state index in [0.717, 1.165) is 11.3 Å². The molecule has 138 valence electrons. The molecule has 0 atom stereocenters. The van der Waals surface area contributed by atoms with Crippen molar-refractivity contribution in [3.63, 3.8) is 0 Å². The SMILES string of the molecule is COc1ccc(CNC(=O)COC(=O)c2cccc(OC)c2OC)cc1. The number of nitrogens with one attached hydrogen (secondary N) is 1. The number of carbonyl (C=O) groups is 2. The van der Waals surface area contributed by atoms with Crippen molar-refractivity contribution in [3.8, 4) is 17.2 Å². The van der Waals surface area contributed by atoms with Gasteiger partial charge in [0.05, 0.1) is 21.3 Å². The number of para-hydroxylation sites is 1. The lowest BCUT2D eigenvalue weighted by Gasteiger charge is -2.12. The fraction of sp³-hybridized carbons (Fsp3) is 0.263. The summed E-state index contributed by atoms with van der Waals surface area (Å²) in [5, 5.41) is 2.68. The predicted molar refractivity (Wildman–Crippen MR) is 94.7 cm³/mol. The number of rotatable bonds is 8. The van der Waals surface area contributed by atoms with Crippen molar-refractivity contribution in [1.82, 2.24) is 5.32 Å². The zero-order valence-electron chi connectivity index (χ0n) is 14.9. The number of benzene rings is 2. The Bertz CT molecular complexity index is 757. The van der Waals surface area contributed by atoms with Gasteiger partial charge in [0.15, 0.2) is 18.1 Å². The lowest BCUT2D eigenvalue weighted by molar-refractivity contribution is -0.124. The summed E-state index contributed by atoms with van der Waals surface area (Å²) in [4.78, 5) is 24.1. The second-order valence-corrected chi connectivity index (χ2v) is 5.24. The minimum absolute atomic E-state index is 0.190. The maximum atomic E-state index is 12.2. The van der Waals surface area contributed by atoms with Crippen molar-refractivity contribution in [3.05, 3.63) is 53.6 Å². The van der Waals surface area contributed by atoms with Crippen LogP contribution >= 0.6 is 0 Å². The number of methoxy groups -OCH3 is 3. The smallest absolute Gasteiger partial charge is 0.342 e. The molecule has 0 spiro atoms. The Kier molecular flexibility index (Phi) is 6.84. The average molecular weight is 359 g/mol. The van der Waals surface area contributed by atoms with Gasteiger partial charge in [0.25, 0.3) is 5.91 Å². The largest absolute Gasteiger partial charge is 0.497 e. The normalized spacial score (nSPS) is 9.96. The predicted octanol–water partition coefficient (Wildman–Crippen LogP) is 2.19. The molecule has 0 aromatic heterocycles. The van der Waals surface area contributed by atoms with Crippen molar-refractivity contribution in [2.45, 2.75) is 6.54 Å². The van der Waals surface area contributed by atoms with E-state index in [0.29, 0.717) is 12.3 Å². The summed E-state index contributed by atoms with van der Waals surface area (Å²) in [5.41, 5.74) is 1.09. The molecular formula is C19H21NO6. The molecule has 0 unspecified atom stereocenters. The average Bonchev–Trinajstić information content (AvgIpc) is 2.69. The van der Waals surface area contributed by atoms with Crippen LogP contribution in [0.15, 0.2) is 42.5 Å². The highest BCUT2D eigenvalue weighted by Crippen LogP contribution is 2.31. The fourth-order valence-electron chi connectivity index (χ4n) is 2.25. The minimum Gasteiger partial charge on any atom is -0.497 e. The highest BCUT2D eigenvalue weighted by molar-refractivity contribution is 5.94. The highest BCUT2D eigenvalue weighted by Gasteiger charge is 2.18. The van der Waals surface area contributed by atoms with Gasteiger partial charge in [-0.1, -0.05) is 18.2 Å². The van der Waals surface area contributed by atoms with E-state index in [1.54, 1.807) is 37.4 Å². The Morgan fingerprint density at radius 3 is 2.27 bits per heavy atom. The first-order valence-corrected chi connectivity index (χ1v) is 7.86. The molecule has 0 aliphatic carbocycles. The second-order valence-electron chi connectivity index (χ2n) is 5.24. The number of ether oxygens (including phenoxy) is 4. The van der Waals surface area contributed by atoms with Crippen LogP contribution in [0.5, 0.6) is 17.2 Å². The van der Waals surface area contributed by atoms with Gasteiger partial charge in [-0.2, -0.15) is 0 Å². The zero-order chi connectivity index (χ0) is 18.9. The third kappa shape index (κ3) is 4.89. The van der Waals surface area contributed by atoms with Gasteiger partial charge < -0.3 is 24.3 Å². The van der Waals surface area contributed by atoms with E-state index in [1.807, 2.05) is 12.1 Å². The van der Waals surface area contributed by atoms with E-state index in [4.69, 9.17) is 18.9 Å². The fourth-order valence-corrected chi connectivity index (χ4v) is 2.25. The van der Waals surface area contributed by atoms with E-state index in [1.165, 1.54) is 14.2 Å². The molecule has 2 aromatic rings. The molecule has 7 nitrogen and oxygen atoms in total. The summed E-state index contributed by atoms with van der Waals surface area (Å²) in [6.07, 6.45) is 0. The number of amides is 1. The molecule has 0 heterocycles. The second kappa shape index (κ2) is 9.31. The van der Waals surface area contributed by atoms with Crippen molar-refractivity contribution in [2.24, 2.45) is 0 Å². The molecule has 2 aromatic carbocycles. The summed E-state index contributed by atoms with van der Waals surface area (Å²) in [7, 11) is 4.48. The molecule has 26 heavy (non-hydrogen) atoms. The highest BCUT2D eigenvalue weighted by atomic mass is 16.5. The number of hydrogen-bond acceptors (Lipinski definition) is 6. The standard InChI is InChI=1S/C19H21NO6/c1-23-14-9-7-13(8-10-14)11-20-17(21)12-26-19(22)15-5-4-6-16(24-2)18(15)25-3/h4-10H,11-12H2,1-3H3,(H,20,21). The van der Waals surface area contributed by atoms with Crippen molar-refractivity contribution in [1.29, 1.82) is 0 Å². The van der Waals surface area contributed by atoms with Crippen LogP contribution in [-0.2, 0) is 16.1 Å². The maximum Gasteiger partial charge on any atom is 0.342 e. The third-order valence-corrected chi connectivity index (χ3v) is 3.61. The Hall–Kier alpha value is -3.22. The summed E-state index contributed by atoms with van der Waals surface area (Å²) in [6.45, 7) is -0.0712. The molecule has 1 amide bonds. The lowest BCUT2D eigenvalue weighted by atomic mass is 10.2. The third-order valence-electron chi connectivity index (χ3n) is 3.61. The van der Waals surface area contributed by atoms with Crippen LogP contribution < -0.4 is 19.5 Å². The molecule has 1 N–H and O–H groups in total. The van der Waals surface area contributed by atoms with Crippen LogP contribution in [-0.4, -0.2) is 39.8 Å². The van der Waals surface area contributed by atoms with Gasteiger partial charge in [0, 0.05) is 6.54 Å². The first-order chi connectivity index (χ1) is 12.6. The summed E-state index contributed by atoms with van der Waals surface area (Å²) in [6, 6.07) is 12.1. The number of esters is 1. The molecule has 0 bridgehead atoms. The van der Waals surface area contributed by atoms with Crippen LogP contribution in [0.4, 0.5) is 0 Å². The molecule has 0 saturated carbocycles. The first-order valence-electron chi connectivity index (χ1n) is 7.86. The Morgan fingerprint density at radius 1 is 0.923 bits per heavy atom. The molecular weight excluding hydrogens is 338 g/mol. The molecule has 7 heteroatoms. The summed E-state index contributed by atoms with van der Waals surface area (Å²) < 4.78 is 20.4. The molecule has 0 aliphatic heterocycles. The summed E-state index contributed by atoms with van der Waals surface area (Å²) in [5.74, 6) is 0.335. The van der Waals surface area contributed by atoms with E-state index < -0.39 is 18.5 Å².